The van der Waals surface area contributed by atoms with Crippen LogP contribution in [0, 0.1) is 12.7 Å². The largest absolute Gasteiger partial charge is 0.445 e. The first-order valence-electron chi connectivity index (χ1n) is 9.92. The summed E-state index contributed by atoms with van der Waals surface area (Å²) in [6, 6.07) is 5.75. The van der Waals surface area contributed by atoms with Crippen molar-refractivity contribution in [2.45, 2.75) is 25.7 Å². The number of morpholine rings is 1. The molecule has 2 aromatic rings. The minimum atomic E-state index is -0.418. The molecule has 2 amide bonds. The van der Waals surface area contributed by atoms with Gasteiger partial charge in [-0.3, -0.25) is 9.59 Å². The number of likely N-dealkylation sites (tertiary alicyclic amines) is 1. The van der Waals surface area contributed by atoms with Crippen LogP contribution < -0.4 is 0 Å². The van der Waals surface area contributed by atoms with Crippen LogP contribution in [0.3, 0.4) is 0 Å². The molecule has 2 aliphatic heterocycles. The van der Waals surface area contributed by atoms with Crippen LogP contribution >= 0.6 is 0 Å². The molecular weight excluding hydrogens is 377 g/mol. The average molecular weight is 401 g/mol. The van der Waals surface area contributed by atoms with Crippen LogP contribution in [0.4, 0.5) is 4.39 Å². The summed E-state index contributed by atoms with van der Waals surface area (Å²) in [6.45, 7) is 5.01. The Morgan fingerprint density at radius 1 is 1.07 bits per heavy atom. The van der Waals surface area contributed by atoms with Gasteiger partial charge in [0.05, 0.1) is 13.2 Å². The highest BCUT2D eigenvalue weighted by Crippen LogP contribution is 2.30. The molecule has 0 unspecified atom stereocenters. The van der Waals surface area contributed by atoms with Gasteiger partial charge in [0.1, 0.15) is 11.6 Å². The van der Waals surface area contributed by atoms with E-state index < -0.39 is 5.82 Å². The number of piperidine rings is 1. The van der Waals surface area contributed by atoms with Crippen molar-refractivity contribution >= 4 is 11.8 Å². The van der Waals surface area contributed by atoms with E-state index >= 15 is 0 Å². The fourth-order valence-electron chi connectivity index (χ4n) is 3.84. The third-order valence-corrected chi connectivity index (χ3v) is 5.52. The number of amides is 2. The summed E-state index contributed by atoms with van der Waals surface area (Å²) in [6.07, 6.45) is 1.37. The van der Waals surface area contributed by atoms with E-state index in [9.17, 15) is 14.0 Å². The van der Waals surface area contributed by atoms with Gasteiger partial charge in [-0.1, -0.05) is 6.07 Å². The first-order chi connectivity index (χ1) is 14.0. The summed E-state index contributed by atoms with van der Waals surface area (Å²) in [5.74, 6) is 0.413. The van der Waals surface area contributed by atoms with Crippen LogP contribution in [0.1, 0.15) is 51.3 Å². The van der Waals surface area contributed by atoms with Crippen LogP contribution in [0.15, 0.2) is 28.7 Å². The molecular formula is C21H24FN3O4. The normalized spacial score (nSPS) is 18.1. The number of rotatable bonds is 3. The number of aromatic nitrogens is 1. The summed E-state index contributed by atoms with van der Waals surface area (Å²) >= 11 is 0. The summed E-state index contributed by atoms with van der Waals surface area (Å²) < 4.78 is 24.5. The molecule has 0 radical (unpaired) electrons. The van der Waals surface area contributed by atoms with E-state index in [2.05, 4.69) is 4.98 Å². The summed E-state index contributed by atoms with van der Waals surface area (Å²) in [4.78, 5) is 33.2. The Hall–Kier alpha value is -2.74. The van der Waals surface area contributed by atoms with Crippen molar-refractivity contribution in [3.8, 4) is 0 Å². The van der Waals surface area contributed by atoms with E-state index in [1.165, 1.54) is 18.2 Å². The lowest BCUT2D eigenvalue weighted by Crippen LogP contribution is -2.41. The van der Waals surface area contributed by atoms with Crippen molar-refractivity contribution in [2.24, 2.45) is 0 Å². The van der Waals surface area contributed by atoms with Gasteiger partial charge in [-0.15, -0.1) is 0 Å². The predicted octanol–water partition coefficient (Wildman–Crippen LogP) is 2.61. The lowest BCUT2D eigenvalue weighted by atomic mass is 9.96. The first kappa shape index (κ1) is 19.6. The molecule has 0 bridgehead atoms. The molecule has 4 rings (SSSR count). The lowest BCUT2D eigenvalue weighted by molar-refractivity contribution is 0.0298. The SMILES string of the molecule is Cc1oc(C2CCN(C(=O)c3cccc(F)c3)CC2)nc1C(=O)N1CCOCC1. The zero-order chi connectivity index (χ0) is 20.4. The minimum Gasteiger partial charge on any atom is -0.445 e. The molecule has 0 aliphatic carbocycles. The van der Waals surface area contributed by atoms with Crippen LogP contribution in [0.25, 0.3) is 0 Å². The van der Waals surface area contributed by atoms with E-state index in [1.54, 1.807) is 22.8 Å². The molecule has 29 heavy (non-hydrogen) atoms. The summed E-state index contributed by atoms with van der Waals surface area (Å²) in [5.41, 5.74) is 0.717. The van der Waals surface area contributed by atoms with E-state index in [0.29, 0.717) is 75.1 Å². The zero-order valence-corrected chi connectivity index (χ0v) is 16.4. The van der Waals surface area contributed by atoms with Gasteiger partial charge in [0, 0.05) is 37.7 Å². The number of ether oxygens (including phenoxy) is 1. The first-order valence-corrected chi connectivity index (χ1v) is 9.92. The van der Waals surface area contributed by atoms with Gasteiger partial charge in [-0.25, -0.2) is 9.37 Å². The quantitative estimate of drug-likeness (QED) is 0.790. The molecule has 2 fully saturated rings. The van der Waals surface area contributed by atoms with Gasteiger partial charge in [-0.2, -0.15) is 0 Å². The monoisotopic (exact) mass is 401 g/mol. The maximum Gasteiger partial charge on any atom is 0.276 e. The highest BCUT2D eigenvalue weighted by molar-refractivity contribution is 5.94. The van der Waals surface area contributed by atoms with Gasteiger partial charge in [0.15, 0.2) is 11.6 Å². The van der Waals surface area contributed by atoms with E-state index in [0.717, 1.165) is 0 Å². The van der Waals surface area contributed by atoms with Crippen molar-refractivity contribution in [1.29, 1.82) is 0 Å². The zero-order valence-electron chi connectivity index (χ0n) is 16.4. The van der Waals surface area contributed by atoms with Gasteiger partial charge in [-0.05, 0) is 38.0 Å². The molecule has 7 nitrogen and oxygen atoms in total. The highest BCUT2D eigenvalue weighted by atomic mass is 19.1. The number of hydrogen-bond donors (Lipinski definition) is 0. The molecule has 3 heterocycles. The Morgan fingerprint density at radius 3 is 2.45 bits per heavy atom. The molecule has 0 N–H and O–H groups in total. The van der Waals surface area contributed by atoms with Gasteiger partial charge in [0.2, 0.25) is 0 Å². The Labute approximate surface area is 168 Å². The number of aryl methyl sites for hydroxylation is 1. The summed E-state index contributed by atoms with van der Waals surface area (Å²) in [5, 5.41) is 0. The minimum absolute atomic E-state index is 0.0523. The topological polar surface area (TPSA) is 75.9 Å². The molecule has 0 atom stereocenters. The Morgan fingerprint density at radius 2 is 1.76 bits per heavy atom. The maximum absolute atomic E-state index is 13.4. The second-order valence-corrected chi connectivity index (χ2v) is 7.44. The van der Waals surface area contributed by atoms with Crippen molar-refractivity contribution in [2.75, 3.05) is 39.4 Å². The number of hydrogen-bond acceptors (Lipinski definition) is 5. The molecule has 2 aliphatic rings. The molecule has 1 aromatic carbocycles. The lowest BCUT2D eigenvalue weighted by Gasteiger charge is -2.30. The third-order valence-electron chi connectivity index (χ3n) is 5.52. The van der Waals surface area contributed by atoms with Crippen LogP contribution in [-0.2, 0) is 4.74 Å². The molecule has 154 valence electrons. The van der Waals surface area contributed by atoms with E-state index in [1.807, 2.05) is 0 Å². The second kappa shape index (κ2) is 8.32. The van der Waals surface area contributed by atoms with Gasteiger partial charge >= 0.3 is 0 Å². The fraction of sp³-hybridized carbons (Fsp3) is 0.476. The fourth-order valence-corrected chi connectivity index (χ4v) is 3.84. The predicted molar refractivity (Wildman–Crippen MR) is 102 cm³/mol. The Bertz CT molecular complexity index is 899. The second-order valence-electron chi connectivity index (χ2n) is 7.44. The van der Waals surface area contributed by atoms with E-state index in [4.69, 9.17) is 9.15 Å². The highest BCUT2D eigenvalue weighted by Gasteiger charge is 2.30. The molecule has 8 heteroatoms. The smallest absolute Gasteiger partial charge is 0.276 e. The number of oxazole rings is 1. The van der Waals surface area contributed by atoms with Crippen molar-refractivity contribution in [3.05, 3.63) is 53.0 Å². The number of halogens is 1. The van der Waals surface area contributed by atoms with Gasteiger partial charge < -0.3 is 19.0 Å². The summed E-state index contributed by atoms with van der Waals surface area (Å²) in [7, 11) is 0. The molecule has 2 saturated heterocycles. The molecule has 0 spiro atoms. The average Bonchev–Trinajstić information content (AvgIpc) is 3.15. The van der Waals surface area contributed by atoms with Crippen molar-refractivity contribution in [3.63, 3.8) is 0 Å². The molecule has 0 saturated carbocycles. The molecule has 1 aromatic heterocycles. The van der Waals surface area contributed by atoms with E-state index in [-0.39, 0.29) is 17.7 Å². The van der Waals surface area contributed by atoms with Crippen LogP contribution in [-0.4, -0.2) is 66.0 Å². The Kier molecular flexibility index (Phi) is 5.62. The number of nitrogens with zero attached hydrogens (tertiary/aromatic N) is 3. The Balaban J connectivity index is 1.40. The number of carbonyl (C=O) groups excluding carboxylic acids is 2. The maximum atomic E-state index is 13.4. The van der Waals surface area contributed by atoms with Crippen molar-refractivity contribution < 1.29 is 23.1 Å². The number of carbonyl (C=O) groups is 2. The van der Waals surface area contributed by atoms with Crippen LogP contribution in [0.5, 0.6) is 0 Å². The number of benzene rings is 1. The third kappa shape index (κ3) is 4.17. The van der Waals surface area contributed by atoms with Crippen LogP contribution in [0.2, 0.25) is 0 Å². The van der Waals surface area contributed by atoms with Crippen molar-refractivity contribution in [1.82, 2.24) is 14.8 Å². The van der Waals surface area contributed by atoms with Gasteiger partial charge in [0.25, 0.3) is 11.8 Å². The standard InChI is InChI=1S/C21H24FN3O4/c1-14-18(21(27)25-9-11-28-12-10-25)23-19(29-14)15-5-7-24(8-6-15)20(26)16-3-2-4-17(22)13-16/h2-4,13,15H,5-12H2,1H3.